The van der Waals surface area contributed by atoms with Crippen molar-refractivity contribution in [3.05, 3.63) is 56.3 Å². The number of ether oxygens (including phenoxy) is 3. The second-order valence-corrected chi connectivity index (χ2v) is 10.1. The molecule has 3 heterocycles. The van der Waals surface area contributed by atoms with Crippen molar-refractivity contribution in [3.8, 4) is 0 Å². The molecule has 0 spiro atoms. The molecule has 0 saturated carbocycles. The van der Waals surface area contributed by atoms with Crippen LogP contribution in [0.15, 0.2) is 32.5 Å². The number of hydrogen-bond acceptors (Lipinski definition) is 13. The first-order valence-electron chi connectivity index (χ1n) is 11.6. The van der Waals surface area contributed by atoms with E-state index in [1.54, 1.807) is 0 Å². The maximum absolute atomic E-state index is 14.2. The van der Waals surface area contributed by atoms with Crippen LogP contribution in [0.25, 0.3) is 21.4 Å². The molecule has 2 saturated heterocycles. The van der Waals surface area contributed by atoms with E-state index in [9.17, 15) is 44.2 Å². The van der Waals surface area contributed by atoms with E-state index in [2.05, 4.69) is 10.0 Å². The summed E-state index contributed by atoms with van der Waals surface area (Å²) >= 11 is 0.640. The van der Waals surface area contributed by atoms with Gasteiger partial charge in [-0.15, -0.1) is 0 Å². The Bertz CT molecular complexity index is 1280. The third-order valence-corrected chi connectivity index (χ3v) is 7.75. The van der Waals surface area contributed by atoms with E-state index in [1.807, 2.05) is 0 Å². The maximum Gasteiger partial charge on any atom is 0.341 e. The fraction of sp³-hybridized carbons (Fsp3) is 0.591. The van der Waals surface area contributed by atoms with Gasteiger partial charge in [0.05, 0.1) is 42.9 Å². The molecule has 2 aromatic rings. The second kappa shape index (κ2) is 12.4. The summed E-state index contributed by atoms with van der Waals surface area (Å²) < 4.78 is 49.4. The van der Waals surface area contributed by atoms with E-state index in [4.69, 9.17) is 24.2 Å². The number of benzene rings is 1. The Hall–Kier alpha value is -2.41. The van der Waals surface area contributed by atoms with Gasteiger partial charge in [0, 0.05) is 4.91 Å². The molecular weight excluding hydrogens is 552 g/mol. The molecule has 0 bridgehead atoms. The Morgan fingerprint density at radius 3 is 2.28 bits per heavy atom. The lowest BCUT2D eigenvalue weighted by molar-refractivity contribution is -0.224. The third kappa shape index (κ3) is 5.89. The van der Waals surface area contributed by atoms with Crippen molar-refractivity contribution in [1.82, 2.24) is 0 Å². The zero-order valence-electron chi connectivity index (χ0n) is 19.9. The molecule has 0 radical (unpaired) electrons. The number of aliphatic hydroxyl groups is 6. The van der Waals surface area contributed by atoms with E-state index >= 15 is 0 Å². The molecule has 2 fully saturated rings. The van der Waals surface area contributed by atoms with Crippen LogP contribution in [0.3, 0.4) is 0 Å². The van der Waals surface area contributed by atoms with E-state index in [0.717, 1.165) is 18.2 Å². The zero-order chi connectivity index (χ0) is 28.4. The van der Waals surface area contributed by atoms with E-state index in [0.29, 0.717) is 11.8 Å². The molecule has 6 N–H and O–H groups in total. The Morgan fingerprint density at radius 2 is 1.64 bits per heavy atom. The summed E-state index contributed by atoms with van der Waals surface area (Å²) in [6, 6.07) is 1.47. The first kappa shape index (κ1) is 29.6. The van der Waals surface area contributed by atoms with Crippen molar-refractivity contribution in [2.75, 3.05) is 13.2 Å². The number of fused-ring (bicyclic) bond motifs is 1. The van der Waals surface area contributed by atoms with Gasteiger partial charge in [-0.05, 0) is 23.7 Å². The normalized spacial score (nSPS) is 35.1. The molecule has 1 aromatic heterocycles. The van der Waals surface area contributed by atoms with E-state index in [-0.39, 0.29) is 16.5 Å². The van der Waals surface area contributed by atoms with Gasteiger partial charge in [-0.25, -0.2) is 13.6 Å². The number of nitrogens with zero attached hydrogens (tertiary/aromatic N) is 3. The lowest BCUT2D eigenvalue weighted by Gasteiger charge is -2.45. The van der Waals surface area contributed by atoms with Crippen molar-refractivity contribution in [3.63, 3.8) is 0 Å². The minimum absolute atomic E-state index is 0.207. The van der Waals surface area contributed by atoms with Crippen LogP contribution in [0.1, 0.15) is 5.56 Å². The predicted octanol–water partition coefficient (Wildman–Crippen LogP) is -0.754. The van der Waals surface area contributed by atoms with Crippen molar-refractivity contribution in [2.45, 2.75) is 66.2 Å². The van der Waals surface area contributed by atoms with Gasteiger partial charge in [0.1, 0.15) is 53.1 Å². The zero-order valence-corrected chi connectivity index (χ0v) is 20.7. The number of hydrogen-bond donors (Lipinski definition) is 6. The summed E-state index contributed by atoms with van der Waals surface area (Å²) in [5.41, 5.74) is 4.70. The fourth-order valence-electron chi connectivity index (χ4n) is 4.33. The van der Waals surface area contributed by atoms with Crippen LogP contribution < -0.4 is 5.63 Å². The lowest BCUT2D eigenvalue weighted by atomic mass is 9.98. The van der Waals surface area contributed by atoms with E-state index in [1.165, 1.54) is 0 Å². The molecule has 214 valence electrons. The predicted molar refractivity (Wildman–Crippen MR) is 127 cm³/mol. The average molecular weight is 578 g/mol. The lowest BCUT2D eigenvalue weighted by Crippen LogP contribution is -2.61. The fourth-order valence-corrected chi connectivity index (χ4v) is 5.64. The van der Waals surface area contributed by atoms with Crippen molar-refractivity contribution in [2.24, 2.45) is 5.11 Å². The molecule has 14 nitrogen and oxygen atoms in total. The summed E-state index contributed by atoms with van der Waals surface area (Å²) in [6.07, 6.45) is -10.5. The van der Waals surface area contributed by atoms with Crippen LogP contribution in [-0.2, 0) is 20.8 Å². The summed E-state index contributed by atoms with van der Waals surface area (Å²) in [6.45, 7) is -2.05. The quantitative estimate of drug-likeness (QED) is 0.0985. The molecule has 39 heavy (non-hydrogen) atoms. The molecule has 17 heteroatoms. The Balaban J connectivity index is 1.54. The molecule has 2 aliphatic heterocycles. The highest BCUT2D eigenvalue weighted by atomic mass is 32.2. The van der Waals surface area contributed by atoms with Gasteiger partial charge in [-0.2, -0.15) is 0 Å². The van der Waals surface area contributed by atoms with Crippen LogP contribution in [0.2, 0.25) is 0 Å². The van der Waals surface area contributed by atoms with Gasteiger partial charge in [-0.1, -0.05) is 16.9 Å². The van der Waals surface area contributed by atoms with Gasteiger partial charge in [0.15, 0.2) is 11.6 Å². The minimum atomic E-state index is -1.68. The van der Waals surface area contributed by atoms with Crippen molar-refractivity contribution >= 4 is 22.7 Å². The molecule has 5 unspecified atom stereocenters. The van der Waals surface area contributed by atoms with Crippen LogP contribution in [0, 0.1) is 11.6 Å². The topological polar surface area (TPSA) is 228 Å². The van der Waals surface area contributed by atoms with Crippen molar-refractivity contribution < 1.29 is 58.0 Å². The number of azide groups is 1. The van der Waals surface area contributed by atoms with Crippen LogP contribution in [0.4, 0.5) is 8.78 Å². The largest absolute Gasteiger partial charge is 0.422 e. The molecular formula is C22H25F2N3O11S. The Labute approximate surface area is 222 Å². The Kier molecular flexibility index (Phi) is 9.41. The standard InChI is InChI=1S/C22H25F2N3O11S/c23-9-1-2-10-8(13(9)24)3-7(20(34)36-10)6-35-19-16(31)12(5-29)38-22(18(19)33)39-21-17(32)14(26-27-25)15(30)11(4-28)37-21/h1-3,11-12,14-19,21-22,28-33H,4-6H2/t11?,12-,14?,15+,16?,17+,18-,19?,21+,22?/m1/s1. The van der Waals surface area contributed by atoms with Crippen LogP contribution in [0.5, 0.6) is 0 Å². The van der Waals surface area contributed by atoms with Crippen LogP contribution >= 0.6 is 11.8 Å². The van der Waals surface area contributed by atoms with E-state index < -0.39 is 96.7 Å². The summed E-state index contributed by atoms with van der Waals surface area (Å²) in [4.78, 5) is 14.9. The first-order chi connectivity index (χ1) is 18.6. The Morgan fingerprint density at radius 1 is 1.00 bits per heavy atom. The highest BCUT2D eigenvalue weighted by molar-refractivity contribution is 8.00. The van der Waals surface area contributed by atoms with Crippen LogP contribution in [-0.4, -0.2) is 103 Å². The highest BCUT2D eigenvalue weighted by Crippen LogP contribution is 2.38. The monoisotopic (exact) mass is 577 g/mol. The van der Waals surface area contributed by atoms with Gasteiger partial charge in [0.2, 0.25) is 0 Å². The number of thioether (sulfide) groups is 1. The summed E-state index contributed by atoms with van der Waals surface area (Å²) in [7, 11) is 0. The highest BCUT2D eigenvalue weighted by Gasteiger charge is 2.50. The number of rotatable bonds is 8. The first-order valence-corrected chi connectivity index (χ1v) is 12.5. The SMILES string of the molecule is [N-]=[N+]=NC1[C@@H](O)C(CO)O[C@@H](SC2O[C@H](CO)C(O)C(OCc3cc4c(F)c(F)ccc4oc3=O)[C@H]2O)[C@H]1O. The van der Waals surface area contributed by atoms with Gasteiger partial charge in [0.25, 0.3) is 0 Å². The smallest absolute Gasteiger partial charge is 0.341 e. The molecule has 0 aliphatic carbocycles. The molecule has 10 atom stereocenters. The second-order valence-electron chi connectivity index (χ2n) is 8.85. The molecule has 2 aliphatic rings. The summed E-state index contributed by atoms with van der Waals surface area (Å²) in [5, 5.41) is 64.6. The van der Waals surface area contributed by atoms with Gasteiger partial charge < -0.3 is 49.3 Å². The molecule has 0 amide bonds. The maximum atomic E-state index is 14.2. The van der Waals surface area contributed by atoms with Gasteiger partial charge >= 0.3 is 5.63 Å². The third-order valence-electron chi connectivity index (χ3n) is 6.43. The molecule has 4 rings (SSSR count). The average Bonchev–Trinajstić information content (AvgIpc) is 2.92. The number of halogens is 2. The van der Waals surface area contributed by atoms with Crippen molar-refractivity contribution in [1.29, 1.82) is 0 Å². The molecule has 1 aromatic carbocycles. The minimum Gasteiger partial charge on any atom is -0.422 e. The summed E-state index contributed by atoms with van der Waals surface area (Å²) in [5.74, 6) is -2.42. The number of aliphatic hydroxyl groups excluding tert-OH is 6. The van der Waals surface area contributed by atoms with Gasteiger partial charge in [-0.3, -0.25) is 0 Å².